The van der Waals surface area contributed by atoms with Crippen molar-refractivity contribution in [1.82, 2.24) is 0 Å². The molecule has 0 unspecified atom stereocenters. The summed E-state index contributed by atoms with van der Waals surface area (Å²) in [5, 5.41) is 0. The minimum absolute atomic E-state index is 1.19. The molecular weight excluding hydrogens is 91.1 g/mol. The highest BCUT2D eigenvalue weighted by atomic mass is 19.1. The monoisotopic (exact) mass is 101 g/mol. The second-order valence-corrected chi connectivity index (χ2v) is 1.97. The van der Waals surface area contributed by atoms with Gasteiger partial charge in [0.05, 0.1) is 0 Å². The molecule has 0 aliphatic heterocycles. The van der Waals surface area contributed by atoms with Gasteiger partial charge in [0.1, 0.15) is 5.67 Å². The van der Waals surface area contributed by atoms with E-state index >= 15 is 0 Å². The van der Waals surface area contributed by atoms with E-state index in [1.165, 1.54) is 26.0 Å². The van der Waals surface area contributed by atoms with Crippen LogP contribution in [0.5, 0.6) is 0 Å². The van der Waals surface area contributed by atoms with Crippen molar-refractivity contribution in [3.05, 3.63) is 19.1 Å². The normalized spacial score (nSPS) is 13.1. The Hall–Kier alpha value is -0.330. The fourth-order valence-electron chi connectivity index (χ4n) is 0.280. The van der Waals surface area contributed by atoms with Crippen molar-refractivity contribution in [3.8, 4) is 0 Å². The fraction of sp³-hybridized carbons (Fsp3) is 0.500. The van der Waals surface area contributed by atoms with Gasteiger partial charge in [-0.1, -0.05) is 12.2 Å². The first-order valence-electron chi connectivity index (χ1n) is 2.22. The molecule has 0 saturated heterocycles. The molecule has 0 aliphatic carbocycles. The van der Waals surface area contributed by atoms with Crippen LogP contribution in [-0.2, 0) is 0 Å². The van der Waals surface area contributed by atoms with E-state index in [1.54, 1.807) is 0 Å². The SMILES string of the molecule is [CH2]/C=C/C(C)(C)F. The minimum atomic E-state index is -1.19. The molecule has 0 aromatic rings. The molecule has 7 heavy (non-hydrogen) atoms. The molecule has 0 atom stereocenters. The third kappa shape index (κ3) is 5.67. The Labute approximate surface area is 44.0 Å². The molecular formula is C6H10F. The fourth-order valence-corrected chi connectivity index (χ4v) is 0.280. The van der Waals surface area contributed by atoms with Crippen LogP contribution < -0.4 is 0 Å². The van der Waals surface area contributed by atoms with Gasteiger partial charge >= 0.3 is 0 Å². The van der Waals surface area contributed by atoms with E-state index in [2.05, 4.69) is 6.92 Å². The maximum absolute atomic E-state index is 12.3. The summed E-state index contributed by atoms with van der Waals surface area (Å²) in [6.07, 6.45) is 2.87. The number of alkyl halides is 1. The molecule has 0 aromatic heterocycles. The van der Waals surface area contributed by atoms with E-state index in [0.717, 1.165) is 0 Å². The molecule has 0 spiro atoms. The summed E-state index contributed by atoms with van der Waals surface area (Å²) in [4.78, 5) is 0. The third-order valence-electron chi connectivity index (χ3n) is 0.514. The van der Waals surface area contributed by atoms with Gasteiger partial charge in [-0.25, -0.2) is 4.39 Å². The van der Waals surface area contributed by atoms with Gasteiger partial charge in [-0.3, -0.25) is 0 Å². The summed E-state index contributed by atoms with van der Waals surface area (Å²) >= 11 is 0. The largest absolute Gasteiger partial charge is 0.240 e. The number of allylic oxidation sites excluding steroid dienone is 2. The zero-order valence-electron chi connectivity index (χ0n) is 4.74. The van der Waals surface area contributed by atoms with E-state index in [9.17, 15) is 4.39 Å². The first kappa shape index (κ1) is 6.67. The summed E-state index contributed by atoms with van der Waals surface area (Å²) in [5.41, 5.74) is -1.19. The van der Waals surface area contributed by atoms with Gasteiger partial charge in [-0.15, -0.1) is 0 Å². The van der Waals surface area contributed by atoms with E-state index in [0.29, 0.717) is 0 Å². The lowest BCUT2D eigenvalue weighted by molar-refractivity contribution is 0.287. The van der Waals surface area contributed by atoms with Crippen LogP contribution in [-0.4, -0.2) is 5.67 Å². The summed E-state index contributed by atoms with van der Waals surface area (Å²) in [5.74, 6) is 0. The van der Waals surface area contributed by atoms with Crippen LogP contribution in [0.15, 0.2) is 12.2 Å². The van der Waals surface area contributed by atoms with Crippen molar-refractivity contribution >= 4 is 0 Å². The summed E-state index contributed by atoms with van der Waals surface area (Å²) in [7, 11) is 0. The van der Waals surface area contributed by atoms with Gasteiger partial charge in [-0.2, -0.15) is 0 Å². The Kier molecular flexibility index (Phi) is 2.00. The van der Waals surface area contributed by atoms with Crippen molar-refractivity contribution in [2.24, 2.45) is 0 Å². The quantitative estimate of drug-likeness (QED) is 0.474. The molecule has 0 saturated carbocycles. The number of halogens is 1. The molecule has 0 bridgehead atoms. The lowest BCUT2D eigenvalue weighted by Gasteiger charge is -2.04. The van der Waals surface area contributed by atoms with Crippen LogP contribution in [0.4, 0.5) is 4.39 Å². The lowest BCUT2D eigenvalue weighted by Crippen LogP contribution is -2.05. The lowest BCUT2D eigenvalue weighted by atomic mass is 10.2. The molecule has 41 valence electrons. The molecule has 0 rings (SSSR count). The van der Waals surface area contributed by atoms with Crippen molar-refractivity contribution in [1.29, 1.82) is 0 Å². The highest BCUT2D eigenvalue weighted by molar-refractivity contribution is 4.96. The number of hydrogen-bond acceptors (Lipinski definition) is 0. The Morgan fingerprint density at radius 1 is 1.57 bits per heavy atom. The Balaban J connectivity index is 3.56. The molecule has 0 fully saturated rings. The van der Waals surface area contributed by atoms with Crippen LogP contribution in [0.25, 0.3) is 0 Å². The zero-order valence-corrected chi connectivity index (χ0v) is 4.74. The topological polar surface area (TPSA) is 0 Å². The van der Waals surface area contributed by atoms with E-state index in [1.807, 2.05) is 0 Å². The van der Waals surface area contributed by atoms with Crippen LogP contribution in [0.1, 0.15) is 13.8 Å². The maximum Gasteiger partial charge on any atom is 0.123 e. The minimum Gasteiger partial charge on any atom is -0.240 e. The van der Waals surface area contributed by atoms with Crippen LogP contribution >= 0.6 is 0 Å². The van der Waals surface area contributed by atoms with Crippen molar-refractivity contribution in [2.45, 2.75) is 19.5 Å². The molecule has 0 amide bonds. The van der Waals surface area contributed by atoms with Gasteiger partial charge in [0.2, 0.25) is 0 Å². The average Bonchev–Trinajstić information content (AvgIpc) is 1.30. The predicted octanol–water partition coefficient (Wildman–Crippen LogP) is 2.12. The standard InChI is InChI=1S/C6H10F/c1-4-5-6(2,3)7/h4-5H,1H2,2-3H3/b5-4+. The Morgan fingerprint density at radius 3 is 2.00 bits per heavy atom. The van der Waals surface area contributed by atoms with Crippen molar-refractivity contribution in [3.63, 3.8) is 0 Å². The molecule has 1 heteroatoms. The van der Waals surface area contributed by atoms with Gasteiger partial charge in [0.25, 0.3) is 0 Å². The maximum atomic E-state index is 12.3. The van der Waals surface area contributed by atoms with Gasteiger partial charge in [0, 0.05) is 0 Å². The summed E-state index contributed by atoms with van der Waals surface area (Å²) in [6, 6.07) is 0. The van der Waals surface area contributed by atoms with Crippen molar-refractivity contribution < 1.29 is 4.39 Å². The highest BCUT2D eigenvalue weighted by Crippen LogP contribution is 2.08. The third-order valence-corrected chi connectivity index (χ3v) is 0.514. The Morgan fingerprint density at radius 2 is 2.00 bits per heavy atom. The first-order valence-corrected chi connectivity index (χ1v) is 2.22. The van der Waals surface area contributed by atoms with Gasteiger partial charge in [-0.05, 0) is 20.8 Å². The first-order chi connectivity index (χ1) is 3.06. The molecule has 0 aromatic carbocycles. The van der Waals surface area contributed by atoms with Crippen LogP contribution in [0.3, 0.4) is 0 Å². The summed E-state index contributed by atoms with van der Waals surface area (Å²) in [6.45, 7) is 6.31. The van der Waals surface area contributed by atoms with E-state index in [-0.39, 0.29) is 0 Å². The van der Waals surface area contributed by atoms with Crippen LogP contribution in [0.2, 0.25) is 0 Å². The number of rotatable bonds is 1. The molecule has 0 aliphatic rings. The highest BCUT2D eigenvalue weighted by Gasteiger charge is 2.07. The summed E-state index contributed by atoms with van der Waals surface area (Å²) < 4.78 is 12.3. The number of hydrogen-bond donors (Lipinski definition) is 0. The molecule has 0 N–H and O–H groups in total. The second kappa shape index (κ2) is 2.10. The Bertz CT molecular complexity index is 66.7. The molecule has 0 nitrogen and oxygen atoms in total. The van der Waals surface area contributed by atoms with Crippen molar-refractivity contribution in [2.75, 3.05) is 0 Å². The second-order valence-electron chi connectivity index (χ2n) is 1.97. The molecule has 1 radical (unpaired) electrons. The smallest absolute Gasteiger partial charge is 0.123 e. The average molecular weight is 101 g/mol. The van der Waals surface area contributed by atoms with E-state index in [4.69, 9.17) is 0 Å². The predicted molar refractivity (Wildman–Crippen MR) is 29.7 cm³/mol. The van der Waals surface area contributed by atoms with Gasteiger partial charge < -0.3 is 0 Å². The zero-order chi connectivity index (χ0) is 5.91. The van der Waals surface area contributed by atoms with E-state index < -0.39 is 5.67 Å². The van der Waals surface area contributed by atoms with Gasteiger partial charge in [0.15, 0.2) is 0 Å². The molecule has 0 heterocycles. The van der Waals surface area contributed by atoms with Crippen LogP contribution in [0, 0.1) is 6.92 Å².